The smallest absolute Gasteiger partial charge is 0.216 e. The summed E-state index contributed by atoms with van der Waals surface area (Å²) in [7, 11) is 1.52. The molecule has 98 valence electrons. The number of carbonyl (C=O) groups excluding carboxylic acids is 1. The van der Waals surface area contributed by atoms with Crippen LogP contribution in [-0.2, 0) is 6.42 Å². The van der Waals surface area contributed by atoms with Crippen LogP contribution in [0.2, 0.25) is 5.02 Å². The van der Waals surface area contributed by atoms with Crippen molar-refractivity contribution in [1.82, 2.24) is 9.97 Å². The Labute approximate surface area is 116 Å². The number of halogens is 1. The molecule has 0 fully saturated rings. The van der Waals surface area contributed by atoms with Crippen molar-refractivity contribution < 1.29 is 9.53 Å². The van der Waals surface area contributed by atoms with Crippen LogP contribution in [0.1, 0.15) is 21.6 Å². The van der Waals surface area contributed by atoms with Gasteiger partial charge < -0.3 is 4.74 Å². The highest BCUT2D eigenvalue weighted by Gasteiger charge is 2.10. The van der Waals surface area contributed by atoms with Crippen molar-refractivity contribution in [3.63, 3.8) is 0 Å². The normalized spacial score (nSPS) is 10.3. The number of Topliss-reactive ketones (excluding diaryl/α,β-unsaturated/α-hetero) is 1. The number of ketones is 1. The van der Waals surface area contributed by atoms with E-state index < -0.39 is 0 Å². The Morgan fingerprint density at radius 1 is 1.32 bits per heavy atom. The lowest BCUT2D eigenvalue weighted by molar-refractivity contribution is 0.0992. The first kappa shape index (κ1) is 13.5. The Hall–Kier alpha value is -1.94. The highest BCUT2D eigenvalue weighted by Crippen LogP contribution is 2.17. The number of hydrogen-bond donors (Lipinski definition) is 0. The minimum Gasteiger partial charge on any atom is -0.481 e. The van der Waals surface area contributed by atoms with Gasteiger partial charge in [-0.15, -0.1) is 0 Å². The van der Waals surface area contributed by atoms with Crippen LogP contribution in [0.15, 0.2) is 30.6 Å². The predicted molar refractivity (Wildman–Crippen MR) is 72.8 cm³/mol. The van der Waals surface area contributed by atoms with E-state index in [4.69, 9.17) is 16.3 Å². The molecule has 0 atom stereocenters. The summed E-state index contributed by atoms with van der Waals surface area (Å²) < 4.78 is 5.00. The third-order valence-corrected chi connectivity index (χ3v) is 3.15. The van der Waals surface area contributed by atoms with Gasteiger partial charge in [0.2, 0.25) is 5.88 Å². The molecule has 0 saturated carbocycles. The topological polar surface area (TPSA) is 52.1 Å². The largest absolute Gasteiger partial charge is 0.481 e. The number of benzene rings is 1. The van der Waals surface area contributed by atoms with E-state index in [1.807, 2.05) is 6.92 Å². The highest BCUT2D eigenvalue weighted by molar-refractivity contribution is 6.31. The van der Waals surface area contributed by atoms with E-state index in [2.05, 4.69) is 9.97 Å². The molecule has 1 aromatic heterocycles. The molecule has 2 aromatic rings. The highest BCUT2D eigenvalue weighted by atomic mass is 35.5. The molecule has 0 N–H and O–H groups in total. The number of aryl methyl sites for hydroxylation is 1. The van der Waals surface area contributed by atoms with Crippen molar-refractivity contribution in [2.45, 2.75) is 13.3 Å². The third kappa shape index (κ3) is 3.29. The molecule has 5 heteroatoms. The van der Waals surface area contributed by atoms with Crippen LogP contribution in [-0.4, -0.2) is 22.9 Å². The van der Waals surface area contributed by atoms with Crippen molar-refractivity contribution in [2.75, 3.05) is 7.11 Å². The van der Waals surface area contributed by atoms with E-state index >= 15 is 0 Å². The average molecular weight is 277 g/mol. The van der Waals surface area contributed by atoms with Gasteiger partial charge in [0.25, 0.3) is 0 Å². The van der Waals surface area contributed by atoms with Gasteiger partial charge >= 0.3 is 0 Å². The number of carbonyl (C=O) groups is 1. The van der Waals surface area contributed by atoms with Gasteiger partial charge in [-0.2, -0.15) is 0 Å². The molecule has 1 aromatic carbocycles. The summed E-state index contributed by atoms with van der Waals surface area (Å²) in [6, 6.07) is 6.88. The monoisotopic (exact) mass is 276 g/mol. The standard InChI is InChI=1S/C14H13ClN2O2/c1-9-5-10(3-4-12(9)15)13(18)6-11-7-14(19-2)17-8-16-11/h3-5,7-8H,6H2,1-2H3. The van der Waals surface area contributed by atoms with Crippen molar-refractivity contribution in [3.8, 4) is 5.88 Å². The van der Waals surface area contributed by atoms with E-state index in [1.165, 1.54) is 13.4 Å². The Morgan fingerprint density at radius 3 is 2.79 bits per heavy atom. The fourth-order valence-corrected chi connectivity index (χ4v) is 1.79. The lowest BCUT2D eigenvalue weighted by Gasteiger charge is -2.04. The molecule has 1 heterocycles. The van der Waals surface area contributed by atoms with Crippen molar-refractivity contribution >= 4 is 17.4 Å². The van der Waals surface area contributed by atoms with Gasteiger partial charge in [-0.1, -0.05) is 11.6 Å². The molecule has 0 amide bonds. The fourth-order valence-electron chi connectivity index (χ4n) is 1.67. The number of ether oxygens (including phenoxy) is 1. The van der Waals surface area contributed by atoms with Crippen LogP contribution in [0.4, 0.5) is 0 Å². The molecule has 0 radical (unpaired) electrons. The zero-order chi connectivity index (χ0) is 13.8. The molecular weight excluding hydrogens is 264 g/mol. The van der Waals surface area contributed by atoms with E-state index in [1.54, 1.807) is 24.3 Å². The maximum atomic E-state index is 12.1. The summed E-state index contributed by atoms with van der Waals surface area (Å²) in [5.41, 5.74) is 2.14. The van der Waals surface area contributed by atoms with Crippen LogP contribution in [0, 0.1) is 6.92 Å². The molecule has 19 heavy (non-hydrogen) atoms. The van der Waals surface area contributed by atoms with Gasteiger partial charge in [-0.25, -0.2) is 9.97 Å². The van der Waals surface area contributed by atoms with Crippen LogP contribution in [0.3, 0.4) is 0 Å². The van der Waals surface area contributed by atoms with Gasteiger partial charge in [0, 0.05) is 16.7 Å². The zero-order valence-corrected chi connectivity index (χ0v) is 11.4. The summed E-state index contributed by atoms with van der Waals surface area (Å²) in [4.78, 5) is 20.1. The number of rotatable bonds is 4. The second-order valence-corrected chi connectivity index (χ2v) is 4.52. The van der Waals surface area contributed by atoms with Crippen molar-refractivity contribution in [3.05, 3.63) is 52.4 Å². The second kappa shape index (κ2) is 5.80. The van der Waals surface area contributed by atoms with Crippen molar-refractivity contribution in [1.29, 1.82) is 0 Å². The first-order valence-electron chi connectivity index (χ1n) is 5.74. The fraction of sp³-hybridized carbons (Fsp3) is 0.214. The van der Waals surface area contributed by atoms with Crippen molar-refractivity contribution in [2.24, 2.45) is 0 Å². The lowest BCUT2D eigenvalue weighted by Crippen LogP contribution is -2.06. The van der Waals surface area contributed by atoms with Gasteiger partial charge in [-0.3, -0.25) is 4.79 Å². The molecular formula is C14H13ClN2O2. The van der Waals surface area contributed by atoms with E-state index in [0.717, 1.165) is 5.56 Å². The molecule has 0 aliphatic heterocycles. The van der Waals surface area contributed by atoms with Gasteiger partial charge in [-0.05, 0) is 30.7 Å². The number of aromatic nitrogens is 2. The second-order valence-electron chi connectivity index (χ2n) is 4.12. The summed E-state index contributed by atoms with van der Waals surface area (Å²) in [5.74, 6) is 0.436. The Bertz CT molecular complexity index is 614. The SMILES string of the molecule is COc1cc(CC(=O)c2ccc(Cl)c(C)c2)ncn1. The molecule has 0 saturated heterocycles. The molecule has 0 aliphatic carbocycles. The molecule has 0 aliphatic rings. The molecule has 4 nitrogen and oxygen atoms in total. The van der Waals surface area contributed by atoms with Crippen LogP contribution in [0.25, 0.3) is 0 Å². The zero-order valence-electron chi connectivity index (χ0n) is 10.7. The van der Waals surface area contributed by atoms with E-state index in [0.29, 0.717) is 22.2 Å². The minimum absolute atomic E-state index is 0.0134. The first-order chi connectivity index (χ1) is 9.10. The quantitative estimate of drug-likeness (QED) is 0.806. The Balaban J connectivity index is 2.18. The van der Waals surface area contributed by atoms with E-state index in [9.17, 15) is 4.79 Å². The van der Waals surface area contributed by atoms with Crippen LogP contribution in [0.5, 0.6) is 5.88 Å². The molecule has 0 unspecified atom stereocenters. The summed E-state index contributed by atoms with van der Waals surface area (Å²) >= 11 is 5.94. The minimum atomic E-state index is -0.0134. The van der Waals surface area contributed by atoms with E-state index in [-0.39, 0.29) is 12.2 Å². The molecule has 0 spiro atoms. The first-order valence-corrected chi connectivity index (χ1v) is 6.12. The Morgan fingerprint density at radius 2 is 2.11 bits per heavy atom. The Kier molecular flexibility index (Phi) is 4.12. The third-order valence-electron chi connectivity index (χ3n) is 2.73. The van der Waals surface area contributed by atoms with Gasteiger partial charge in [0.1, 0.15) is 6.33 Å². The average Bonchev–Trinajstić information content (AvgIpc) is 2.42. The maximum absolute atomic E-state index is 12.1. The lowest BCUT2D eigenvalue weighted by atomic mass is 10.0. The number of nitrogens with zero attached hydrogens (tertiary/aromatic N) is 2. The maximum Gasteiger partial charge on any atom is 0.216 e. The summed E-state index contributed by atoms with van der Waals surface area (Å²) in [5, 5.41) is 0.653. The number of hydrogen-bond acceptors (Lipinski definition) is 4. The molecule has 0 bridgehead atoms. The van der Waals surface area contributed by atoms with Gasteiger partial charge in [0.05, 0.1) is 19.2 Å². The predicted octanol–water partition coefficient (Wildman–Crippen LogP) is 2.87. The van der Waals surface area contributed by atoms with Gasteiger partial charge in [0.15, 0.2) is 5.78 Å². The summed E-state index contributed by atoms with van der Waals surface area (Å²) in [6.45, 7) is 1.87. The van der Waals surface area contributed by atoms with Crippen LogP contribution < -0.4 is 4.74 Å². The van der Waals surface area contributed by atoms with Crippen LogP contribution >= 0.6 is 11.6 Å². The number of methoxy groups -OCH3 is 1. The summed E-state index contributed by atoms with van der Waals surface area (Å²) in [6.07, 6.45) is 1.59. The molecule has 2 rings (SSSR count).